The second-order valence-electron chi connectivity index (χ2n) is 6.22. The summed E-state index contributed by atoms with van der Waals surface area (Å²) in [5.74, 6) is 0.807. The number of rotatable bonds is 6. The van der Waals surface area contributed by atoms with Crippen LogP contribution in [0.1, 0.15) is 41.0 Å². The molecule has 1 heterocycles. The SMILES string of the molecule is CC(C)C(=O)C(C)CCN1CCN(C(C)C)CC1. The van der Waals surface area contributed by atoms with Crippen LogP contribution in [0, 0.1) is 11.8 Å². The Labute approximate surface area is 113 Å². The summed E-state index contributed by atoms with van der Waals surface area (Å²) in [4.78, 5) is 16.9. The fourth-order valence-corrected chi connectivity index (χ4v) is 2.59. The maximum atomic E-state index is 11.8. The zero-order valence-electron chi connectivity index (χ0n) is 12.8. The number of ketones is 1. The molecule has 0 aromatic rings. The molecule has 18 heavy (non-hydrogen) atoms. The molecular weight excluding hydrogens is 224 g/mol. The number of nitrogens with zero attached hydrogens (tertiary/aromatic N) is 2. The second kappa shape index (κ2) is 7.25. The zero-order chi connectivity index (χ0) is 13.7. The molecule has 106 valence electrons. The van der Waals surface area contributed by atoms with Crippen LogP contribution in [0.4, 0.5) is 0 Å². The molecule has 1 aliphatic rings. The van der Waals surface area contributed by atoms with Crippen molar-refractivity contribution in [1.29, 1.82) is 0 Å². The average molecular weight is 254 g/mol. The molecule has 0 spiro atoms. The van der Waals surface area contributed by atoms with E-state index in [1.54, 1.807) is 0 Å². The highest BCUT2D eigenvalue weighted by Gasteiger charge is 2.21. The van der Waals surface area contributed by atoms with Gasteiger partial charge in [-0.3, -0.25) is 9.69 Å². The zero-order valence-corrected chi connectivity index (χ0v) is 12.8. The summed E-state index contributed by atoms with van der Waals surface area (Å²) in [6.45, 7) is 16.3. The summed E-state index contributed by atoms with van der Waals surface area (Å²) in [6.07, 6.45) is 1.01. The molecule has 1 rings (SSSR count). The molecule has 0 aromatic carbocycles. The molecular formula is C15H30N2O. The molecule has 0 bridgehead atoms. The van der Waals surface area contributed by atoms with E-state index in [1.807, 2.05) is 13.8 Å². The van der Waals surface area contributed by atoms with Crippen molar-refractivity contribution >= 4 is 5.78 Å². The van der Waals surface area contributed by atoms with Crippen LogP contribution in [-0.2, 0) is 4.79 Å². The van der Waals surface area contributed by atoms with Crippen LogP contribution in [0.3, 0.4) is 0 Å². The topological polar surface area (TPSA) is 23.6 Å². The fourth-order valence-electron chi connectivity index (χ4n) is 2.59. The van der Waals surface area contributed by atoms with Gasteiger partial charge in [0.25, 0.3) is 0 Å². The molecule has 0 N–H and O–H groups in total. The molecule has 3 heteroatoms. The first kappa shape index (κ1) is 15.6. The maximum absolute atomic E-state index is 11.8. The van der Waals surface area contributed by atoms with Crippen molar-refractivity contribution in [2.24, 2.45) is 11.8 Å². The standard InChI is InChI=1S/C15H30N2O/c1-12(2)15(18)14(5)6-7-16-8-10-17(11-9-16)13(3)4/h12-14H,6-11H2,1-5H3. The van der Waals surface area contributed by atoms with E-state index in [9.17, 15) is 4.79 Å². The first-order chi connectivity index (χ1) is 8.41. The van der Waals surface area contributed by atoms with Gasteiger partial charge >= 0.3 is 0 Å². The monoisotopic (exact) mass is 254 g/mol. The molecule has 1 fully saturated rings. The van der Waals surface area contributed by atoms with Gasteiger partial charge in [-0.2, -0.15) is 0 Å². The third kappa shape index (κ3) is 4.69. The predicted molar refractivity (Wildman–Crippen MR) is 76.8 cm³/mol. The van der Waals surface area contributed by atoms with Crippen LogP contribution in [0.5, 0.6) is 0 Å². The van der Waals surface area contributed by atoms with Gasteiger partial charge in [0.05, 0.1) is 0 Å². The molecule has 0 amide bonds. The van der Waals surface area contributed by atoms with E-state index >= 15 is 0 Å². The fraction of sp³-hybridized carbons (Fsp3) is 0.933. The van der Waals surface area contributed by atoms with Gasteiger partial charge in [0.15, 0.2) is 0 Å². The van der Waals surface area contributed by atoms with Crippen molar-refractivity contribution in [1.82, 2.24) is 9.80 Å². The molecule has 0 saturated carbocycles. The Balaban J connectivity index is 2.24. The number of piperazine rings is 1. The van der Waals surface area contributed by atoms with E-state index in [2.05, 4.69) is 30.6 Å². The van der Waals surface area contributed by atoms with Crippen LogP contribution in [0.25, 0.3) is 0 Å². The smallest absolute Gasteiger partial charge is 0.138 e. The molecule has 0 radical (unpaired) electrons. The molecule has 1 saturated heterocycles. The van der Waals surface area contributed by atoms with E-state index in [1.165, 1.54) is 13.1 Å². The Hall–Kier alpha value is -0.410. The van der Waals surface area contributed by atoms with Crippen molar-refractivity contribution in [3.05, 3.63) is 0 Å². The van der Waals surface area contributed by atoms with Crippen molar-refractivity contribution in [3.63, 3.8) is 0 Å². The molecule has 0 aromatic heterocycles. The summed E-state index contributed by atoms with van der Waals surface area (Å²) < 4.78 is 0. The third-order valence-corrected chi connectivity index (χ3v) is 4.07. The Morgan fingerprint density at radius 1 is 1.00 bits per heavy atom. The number of Topliss-reactive ketones (excluding diaryl/α,β-unsaturated/α-hetero) is 1. The van der Waals surface area contributed by atoms with E-state index in [-0.39, 0.29) is 11.8 Å². The molecule has 3 nitrogen and oxygen atoms in total. The number of hydrogen-bond acceptors (Lipinski definition) is 3. The van der Waals surface area contributed by atoms with Gasteiger partial charge in [0, 0.05) is 44.1 Å². The van der Waals surface area contributed by atoms with Gasteiger partial charge in [-0.25, -0.2) is 0 Å². The Morgan fingerprint density at radius 3 is 2.00 bits per heavy atom. The van der Waals surface area contributed by atoms with Crippen LogP contribution in [0.15, 0.2) is 0 Å². The van der Waals surface area contributed by atoms with Gasteiger partial charge < -0.3 is 4.90 Å². The first-order valence-corrected chi connectivity index (χ1v) is 7.42. The summed E-state index contributed by atoms with van der Waals surface area (Å²) in [6, 6.07) is 0.661. The lowest BCUT2D eigenvalue weighted by Gasteiger charge is -2.37. The van der Waals surface area contributed by atoms with Gasteiger partial charge in [0.1, 0.15) is 5.78 Å². The summed E-state index contributed by atoms with van der Waals surface area (Å²) in [5.41, 5.74) is 0. The average Bonchev–Trinajstić information content (AvgIpc) is 2.35. The minimum atomic E-state index is 0.179. The second-order valence-corrected chi connectivity index (χ2v) is 6.22. The third-order valence-electron chi connectivity index (χ3n) is 4.07. The molecule has 0 aliphatic carbocycles. The number of hydrogen-bond donors (Lipinski definition) is 0. The Morgan fingerprint density at radius 2 is 1.56 bits per heavy atom. The lowest BCUT2D eigenvalue weighted by Crippen LogP contribution is -2.49. The highest BCUT2D eigenvalue weighted by molar-refractivity contribution is 5.82. The van der Waals surface area contributed by atoms with Gasteiger partial charge in [0.2, 0.25) is 0 Å². The van der Waals surface area contributed by atoms with Crippen molar-refractivity contribution in [3.8, 4) is 0 Å². The van der Waals surface area contributed by atoms with E-state index < -0.39 is 0 Å². The summed E-state index contributed by atoms with van der Waals surface area (Å²) in [7, 11) is 0. The number of carbonyl (C=O) groups is 1. The van der Waals surface area contributed by atoms with Gasteiger partial charge in [-0.05, 0) is 26.8 Å². The summed E-state index contributed by atoms with van der Waals surface area (Å²) >= 11 is 0. The van der Waals surface area contributed by atoms with Crippen LogP contribution in [-0.4, -0.2) is 54.3 Å². The van der Waals surface area contributed by atoms with Crippen molar-refractivity contribution in [2.75, 3.05) is 32.7 Å². The number of carbonyl (C=O) groups excluding carboxylic acids is 1. The lowest BCUT2D eigenvalue weighted by molar-refractivity contribution is -0.125. The largest absolute Gasteiger partial charge is 0.301 e. The minimum absolute atomic E-state index is 0.179. The highest BCUT2D eigenvalue weighted by atomic mass is 16.1. The maximum Gasteiger partial charge on any atom is 0.138 e. The van der Waals surface area contributed by atoms with Gasteiger partial charge in [-0.15, -0.1) is 0 Å². The predicted octanol–water partition coefficient (Wildman–Crippen LogP) is 2.26. The lowest BCUT2D eigenvalue weighted by atomic mass is 9.94. The van der Waals surface area contributed by atoms with Crippen molar-refractivity contribution in [2.45, 2.75) is 47.1 Å². The van der Waals surface area contributed by atoms with Gasteiger partial charge in [-0.1, -0.05) is 20.8 Å². The minimum Gasteiger partial charge on any atom is -0.301 e. The van der Waals surface area contributed by atoms with Crippen molar-refractivity contribution < 1.29 is 4.79 Å². The summed E-state index contributed by atoms with van der Waals surface area (Å²) in [5, 5.41) is 0. The molecule has 1 aliphatic heterocycles. The quantitative estimate of drug-likeness (QED) is 0.726. The highest BCUT2D eigenvalue weighted by Crippen LogP contribution is 2.13. The first-order valence-electron chi connectivity index (χ1n) is 7.42. The normalized spacial score (nSPS) is 20.6. The van der Waals surface area contributed by atoms with Crippen LogP contribution >= 0.6 is 0 Å². The van der Waals surface area contributed by atoms with E-state index in [4.69, 9.17) is 0 Å². The van der Waals surface area contributed by atoms with Crippen LogP contribution in [0.2, 0.25) is 0 Å². The molecule has 1 unspecified atom stereocenters. The van der Waals surface area contributed by atoms with Crippen LogP contribution < -0.4 is 0 Å². The Kier molecular flexibility index (Phi) is 6.30. The Bertz CT molecular complexity index is 255. The van der Waals surface area contributed by atoms with E-state index in [0.717, 1.165) is 26.1 Å². The van der Waals surface area contributed by atoms with E-state index in [0.29, 0.717) is 11.8 Å². The molecule has 1 atom stereocenters.